The normalized spacial score (nSPS) is 20.2. The SMILES string of the molecule is O=S1(=O)CCC(N(Cc2ccccc2)CC(O)COc2ccccc2)C1. The molecule has 140 valence electrons. The van der Waals surface area contributed by atoms with Gasteiger partial charge in [0, 0.05) is 19.1 Å². The van der Waals surface area contributed by atoms with Gasteiger partial charge >= 0.3 is 0 Å². The molecule has 1 aliphatic rings. The summed E-state index contributed by atoms with van der Waals surface area (Å²) in [4.78, 5) is 2.07. The van der Waals surface area contributed by atoms with E-state index < -0.39 is 15.9 Å². The highest BCUT2D eigenvalue weighted by Crippen LogP contribution is 2.20. The Kier molecular flexibility index (Phi) is 6.29. The van der Waals surface area contributed by atoms with Crippen molar-refractivity contribution in [3.63, 3.8) is 0 Å². The van der Waals surface area contributed by atoms with Crippen LogP contribution in [0.15, 0.2) is 60.7 Å². The molecule has 0 spiro atoms. The summed E-state index contributed by atoms with van der Waals surface area (Å²) in [5.41, 5.74) is 1.10. The predicted molar refractivity (Wildman–Crippen MR) is 102 cm³/mol. The van der Waals surface area contributed by atoms with Gasteiger partial charge in [-0.3, -0.25) is 4.90 Å². The Morgan fingerprint density at radius 2 is 1.73 bits per heavy atom. The lowest BCUT2D eigenvalue weighted by Crippen LogP contribution is -2.42. The van der Waals surface area contributed by atoms with Crippen LogP contribution >= 0.6 is 0 Å². The highest BCUT2D eigenvalue weighted by Gasteiger charge is 2.33. The molecule has 0 radical (unpaired) electrons. The minimum Gasteiger partial charge on any atom is -0.491 e. The molecule has 3 rings (SSSR count). The number of hydrogen-bond donors (Lipinski definition) is 1. The van der Waals surface area contributed by atoms with Crippen LogP contribution in [0, 0.1) is 0 Å². The number of rotatable bonds is 8. The van der Waals surface area contributed by atoms with E-state index in [0.717, 1.165) is 5.56 Å². The van der Waals surface area contributed by atoms with Crippen molar-refractivity contribution in [3.8, 4) is 5.75 Å². The first-order valence-corrected chi connectivity index (χ1v) is 10.7. The van der Waals surface area contributed by atoms with Gasteiger partial charge in [-0.15, -0.1) is 0 Å². The lowest BCUT2D eigenvalue weighted by atomic mass is 10.1. The fraction of sp³-hybridized carbons (Fsp3) is 0.400. The standard InChI is InChI=1S/C20H25NO4S/c22-19(15-25-20-9-5-2-6-10-20)14-21(13-17-7-3-1-4-8-17)18-11-12-26(23,24)16-18/h1-10,18-19,22H,11-16H2. The van der Waals surface area contributed by atoms with Gasteiger partial charge in [0.05, 0.1) is 11.5 Å². The minimum atomic E-state index is -2.98. The number of para-hydroxylation sites is 1. The van der Waals surface area contributed by atoms with Crippen LogP contribution in [0.4, 0.5) is 0 Å². The number of benzene rings is 2. The van der Waals surface area contributed by atoms with Crippen LogP contribution < -0.4 is 4.74 Å². The molecule has 5 nitrogen and oxygen atoms in total. The molecule has 1 saturated heterocycles. The van der Waals surface area contributed by atoms with Gasteiger partial charge in [-0.2, -0.15) is 0 Å². The van der Waals surface area contributed by atoms with Crippen molar-refractivity contribution in [1.82, 2.24) is 4.90 Å². The summed E-state index contributed by atoms with van der Waals surface area (Å²) in [7, 11) is -2.98. The Hall–Kier alpha value is -1.89. The molecule has 1 fully saturated rings. The van der Waals surface area contributed by atoms with Crippen molar-refractivity contribution >= 4 is 9.84 Å². The molecule has 2 atom stereocenters. The number of aliphatic hydroxyl groups excluding tert-OH is 1. The molecular formula is C20H25NO4S. The maximum Gasteiger partial charge on any atom is 0.151 e. The van der Waals surface area contributed by atoms with E-state index >= 15 is 0 Å². The molecule has 0 saturated carbocycles. The number of hydrogen-bond acceptors (Lipinski definition) is 5. The maximum absolute atomic E-state index is 11.9. The van der Waals surface area contributed by atoms with Gasteiger partial charge in [0.1, 0.15) is 18.5 Å². The van der Waals surface area contributed by atoms with Crippen molar-refractivity contribution in [2.24, 2.45) is 0 Å². The molecule has 0 amide bonds. The summed E-state index contributed by atoms with van der Waals surface area (Å²) < 4.78 is 29.4. The van der Waals surface area contributed by atoms with E-state index in [9.17, 15) is 13.5 Å². The second kappa shape index (κ2) is 8.66. The van der Waals surface area contributed by atoms with Crippen LogP contribution in [-0.4, -0.2) is 55.2 Å². The van der Waals surface area contributed by atoms with Crippen molar-refractivity contribution in [3.05, 3.63) is 66.2 Å². The van der Waals surface area contributed by atoms with E-state index in [0.29, 0.717) is 25.3 Å². The van der Waals surface area contributed by atoms with Crippen LogP contribution in [-0.2, 0) is 16.4 Å². The van der Waals surface area contributed by atoms with Crippen molar-refractivity contribution in [2.45, 2.75) is 25.1 Å². The van der Waals surface area contributed by atoms with Crippen LogP contribution in [0.5, 0.6) is 5.75 Å². The molecule has 26 heavy (non-hydrogen) atoms. The van der Waals surface area contributed by atoms with Gasteiger partial charge < -0.3 is 9.84 Å². The Balaban J connectivity index is 1.62. The Bertz CT molecular complexity index is 780. The van der Waals surface area contributed by atoms with E-state index in [2.05, 4.69) is 4.90 Å². The first-order chi connectivity index (χ1) is 12.5. The van der Waals surface area contributed by atoms with Gasteiger partial charge in [-0.05, 0) is 24.1 Å². The second-order valence-corrected chi connectivity index (χ2v) is 8.98. The van der Waals surface area contributed by atoms with Gasteiger partial charge in [0.25, 0.3) is 0 Å². The number of sulfone groups is 1. The lowest BCUT2D eigenvalue weighted by molar-refractivity contribution is 0.0525. The third kappa shape index (κ3) is 5.56. The first kappa shape index (κ1) is 18.9. The number of aliphatic hydroxyl groups is 1. The van der Waals surface area contributed by atoms with Gasteiger partial charge in [0.2, 0.25) is 0 Å². The average Bonchev–Trinajstić information content (AvgIpc) is 3.01. The summed E-state index contributed by atoms with van der Waals surface area (Å²) in [6.07, 6.45) is -0.0799. The molecule has 0 bridgehead atoms. The Morgan fingerprint density at radius 1 is 1.08 bits per heavy atom. The smallest absolute Gasteiger partial charge is 0.151 e. The molecule has 1 N–H and O–H groups in total. The van der Waals surface area contributed by atoms with E-state index in [1.807, 2.05) is 60.7 Å². The molecule has 1 heterocycles. The quantitative estimate of drug-likeness (QED) is 0.766. The predicted octanol–water partition coefficient (Wildman–Crippen LogP) is 2.12. The summed E-state index contributed by atoms with van der Waals surface area (Å²) in [6, 6.07) is 19.2. The fourth-order valence-corrected chi connectivity index (χ4v) is 5.02. The van der Waals surface area contributed by atoms with Gasteiger partial charge in [-0.25, -0.2) is 8.42 Å². The molecule has 0 aliphatic carbocycles. The molecule has 6 heteroatoms. The van der Waals surface area contributed by atoms with E-state index in [4.69, 9.17) is 4.74 Å². The average molecular weight is 375 g/mol. The van der Waals surface area contributed by atoms with Crippen LogP contribution in [0.3, 0.4) is 0 Å². The third-order valence-corrected chi connectivity index (χ3v) is 6.33. The van der Waals surface area contributed by atoms with E-state index in [1.54, 1.807) is 0 Å². The zero-order chi connectivity index (χ0) is 18.4. The minimum absolute atomic E-state index is 0.0634. The zero-order valence-corrected chi connectivity index (χ0v) is 15.5. The lowest BCUT2D eigenvalue weighted by Gasteiger charge is -2.30. The highest BCUT2D eigenvalue weighted by molar-refractivity contribution is 7.91. The molecule has 2 unspecified atom stereocenters. The van der Waals surface area contributed by atoms with Crippen LogP contribution in [0.1, 0.15) is 12.0 Å². The highest BCUT2D eigenvalue weighted by atomic mass is 32.2. The van der Waals surface area contributed by atoms with Crippen LogP contribution in [0.25, 0.3) is 0 Å². The number of nitrogens with zero attached hydrogens (tertiary/aromatic N) is 1. The third-order valence-electron chi connectivity index (χ3n) is 4.58. The number of ether oxygens (including phenoxy) is 1. The Labute approximate surface area is 155 Å². The summed E-state index contributed by atoms with van der Waals surface area (Å²) in [5, 5.41) is 10.4. The van der Waals surface area contributed by atoms with Crippen molar-refractivity contribution in [2.75, 3.05) is 24.7 Å². The van der Waals surface area contributed by atoms with Crippen molar-refractivity contribution in [1.29, 1.82) is 0 Å². The molecule has 1 aliphatic heterocycles. The maximum atomic E-state index is 11.9. The van der Waals surface area contributed by atoms with E-state index in [-0.39, 0.29) is 24.2 Å². The molecule has 2 aromatic carbocycles. The summed E-state index contributed by atoms with van der Waals surface area (Å²) in [5.74, 6) is 1.09. The monoisotopic (exact) mass is 375 g/mol. The molecular weight excluding hydrogens is 350 g/mol. The molecule has 0 aromatic heterocycles. The fourth-order valence-electron chi connectivity index (χ4n) is 3.26. The Morgan fingerprint density at radius 3 is 2.35 bits per heavy atom. The second-order valence-electron chi connectivity index (χ2n) is 6.75. The van der Waals surface area contributed by atoms with Gasteiger partial charge in [0.15, 0.2) is 9.84 Å². The van der Waals surface area contributed by atoms with Crippen molar-refractivity contribution < 1.29 is 18.3 Å². The largest absolute Gasteiger partial charge is 0.491 e. The molecule has 2 aromatic rings. The van der Waals surface area contributed by atoms with E-state index in [1.165, 1.54) is 0 Å². The summed E-state index contributed by atoms with van der Waals surface area (Å²) >= 11 is 0. The topological polar surface area (TPSA) is 66.8 Å². The van der Waals surface area contributed by atoms with Crippen LogP contribution in [0.2, 0.25) is 0 Å². The van der Waals surface area contributed by atoms with Gasteiger partial charge in [-0.1, -0.05) is 48.5 Å². The zero-order valence-electron chi connectivity index (χ0n) is 14.7. The first-order valence-electron chi connectivity index (χ1n) is 8.86. The summed E-state index contributed by atoms with van der Waals surface area (Å²) in [6.45, 7) is 1.17.